The zero-order valence-electron chi connectivity index (χ0n) is 11.9. The molecule has 3 heterocycles. The first-order chi connectivity index (χ1) is 11.4. The van der Waals surface area contributed by atoms with Gasteiger partial charge in [-0.1, -0.05) is 5.16 Å². The zero-order chi connectivity index (χ0) is 17.2. The molecule has 0 fully saturated rings. The van der Waals surface area contributed by atoms with Gasteiger partial charge in [0.1, 0.15) is 0 Å². The summed E-state index contributed by atoms with van der Waals surface area (Å²) in [6.45, 7) is -0.308. The van der Waals surface area contributed by atoms with Gasteiger partial charge in [0.25, 0.3) is 15.9 Å². The van der Waals surface area contributed by atoms with Crippen molar-refractivity contribution in [3.63, 3.8) is 0 Å². The van der Waals surface area contributed by atoms with Crippen molar-refractivity contribution in [3.05, 3.63) is 48.3 Å². The Balaban J connectivity index is 1.65. The van der Waals surface area contributed by atoms with Gasteiger partial charge in [0.05, 0.1) is 0 Å². The smallest absolute Gasteiger partial charge is 0.374 e. The van der Waals surface area contributed by atoms with E-state index in [1.54, 1.807) is 24.5 Å². The molecule has 2 N–H and O–H groups in total. The molecule has 0 amide bonds. The van der Waals surface area contributed by atoms with Crippen molar-refractivity contribution in [2.45, 2.75) is 11.7 Å². The second kappa shape index (κ2) is 6.22. The van der Waals surface area contributed by atoms with Gasteiger partial charge in [-0.05, 0) is 24.3 Å². The molecule has 0 saturated heterocycles. The lowest BCUT2D eigenvalue weighted by atomic mass is 10.3. The fourth-order valence-electron chi connectivity index (χ4n) is 1.71. The number of nitrogens with two attached hydrogens (primary N) is 1. The summed E-state index contributed by atoms with van der Waals surface area (Å²) in [5.41, 5.74) is 0.641. The van der Waals surface area contributed by atoms with Crippen LogP contribution >= 0.6 is 0 Å². The highest BCUT2D eigenvalue weighted by Crippen LogP contribution is 2.16. The van der Waals surface area contributed by atoms with E-state index in [9.17, 15) is 13.2 Å². The molecule has 124 valence electrons. The fraction of sp³-hybridized carbons (Fsp3) is 0.0769. The molecule has 3 aromatic heterocycles. The summed E-state index contributed by atoms with van der Waals surface area (Å²) in [6.07, 6.45) is 3.16. The van der Waals surface area contributed by atoms with E-state index in [0.717, 1.165) is 12.1 Å². The number of ether oxygens (including phenoxy) is 1. The Labute approximate surface area is 135 Å². The van der Waals surface area contributed by atoms with Crippen molar-refractivity contribution in [1.29, 1.82) is 0 Å². The van der Waals surface area contributed by atoms with Crippen molar-refractivity contribution >= 4 is 16.0 Å². The third-order valence-corrected chi connectivity index (χ3v) is 3.56. The van der Waals surface area contributed by atoms with Crippen molar-refractivity contribution in [2.75, 3.05) is 0 Å². The number of aromatic nitrogens is 3. The molecule has 0 bridgehead atoms. The molecule has 0 unspecified atom stereocenters. The van der Waals surface area contributed by atoms with Crippen LogP contribution in [-0.2, 0) is 21.4 Å². The molecule has 3 aromatic rings. The van der Waals surface area contributed by atoms with Gasteiger partial charge in [-0.15, -0.1) is 0 Å². The minimum atomic E-state index is -4.03. The normalized spacial score (nSPS) is 11.4. The summed E-state index contributed by atoms with van der Waals surface area (Å²) < 4.78 is 36.8. The number of pyridine rings is 1. The Bertz CT molecular complexity index is 963. The van der Waals surface area contributed by atoms with Crippen LogP contribution in [0.15, 0.2) is 50.7 Å². The topological polar surface area (TPSA) is 151 Å². The van der Waals surface area contributed by atoms with Crippen LogP contribution in [0.4, 0.5) is 0 Å². The summed E-state index contributed by atoms with van der Waals surface area (Å²) in [5, 5.41) is 8.08. The molecule has 0 radical (unpaired) electrons. The van der Waals surface area contributed by atoms with Crippen molar-refractivity contribution in [3.8, 4) is 11.4 Å². The lowest BCUT2D eigenvalue weighted by Crippen LogP contribution is -2.11. The quantitative estimate of drug-likeness (QED) is 0.656. The molecule has 0 atom stereocenters. The first-order valence-electron chi connectivity index (χ1n) is 6.46. The SMILES string of the molecule is NS(=O)(=O)c1ccc(C(=O)OCc2nc(-c3cccnc3)no2)o1. The summed E-state index contributed by atoms with van der Waals surface area (Å²) in [5.74, 6) is -0.860. The van der Waals surface area contributed by atoms with E-state index in [0.29, 0.717) is 11.4 Å². The lowest BCUT2D eigenvalue weighted by Gasteiger charge is -1.98. The van der Waals surface area contributed by atoms with Crippen LogP contribution in [0.3, 0.4) is 0 Å². The minimum absolute atomic E-state index is 0.0560. The van der Waals surface area contributed by atoms with Crippen molar-refractivity contribution in [1.82, 2.24) is 15.1 Å². The third kappa shape index (κ3) is 3.47. The lowest BCUT2D eigenvalue weighted by molar-refractivity contribution is 0.0388. The van der Waals surface area contributed by atoms with Gasteiger partial charge in [0.2, 0.25) is 16.7 Å². The Morgan fingerprint density at radius 1 is 1.29 bits per heavy atom. The van der Waals surface area contributed by atoms with E-state index in [2.05, 4.69) is 15.1 Å². The van der Waals surface area contributed by atoms with Gasteiger partial charge >= 0.3 is 5.97 Å². The van der Waals surface area contributed by atoms with Crippen LogP contribution < -0.4 is 5.14 Å². The molecule has 0 aliphatic carbocycles. The second-order valence-corrected chi connectivity index (χ2v) is 5.99. The van der Waals surface area contributed by atoms with Crippen LogP contribution in [0, 0.1) is 0 Å². The number of nitrogens with zero attached hydrogens (tertiary/aromatic N) is 3. The molecule has 11 heteroatoms. The molecular formula is C13H10N4O6S. The fourth-order valence-corrected chi connectivity index (χ4v) is 2.17. The van der Waals surface area contributed by atoms with Crippen LogP contribution in [-0.4, -0.2) is 29.5 Å². The van der Waals surface area contributed by atoms with E-state index in [1.807, 2.05) is 0 Å². The van der Waals surface area contributed by atoms with E-state index in [4.69, 9.17) is 18.8 Å². The summed E-state index contributed by atoms with van der Waals surface area (Å²) >= 11 is 0. The Morgan fingerprint density at radius 3 is 2.79 bits per heavy atom. The number of sulfonamides is 1. The number of carbonyl (C=O) groups excluding carboxylic acids is 1. The molecule has 0 spiro atoms. The predicted octanol–water partition coefficient (Wildman–Crippen LogP) is 0.729. The largest absolute Gasteiger partial charge is 0.450 e. The number of furan rings is 1. The first-order valence-corrected chi connectivity index (χ1v) is 8.01. The maximum atomic E-state index is 11.8. The van der Waals surface area contributed by atoms with Gasteiger partial charge in [-0.3, -0.25) is 4.98 Å². The molecule has 0 aliphatic heterocycles. The van der Waals surface area contributed by atoms with Crippen molar-refractivity contribution < 1.29 is 26.9 Å². The van der Waals surface area contributed by atoms with Gasteiger partial charge in [-0.25, -0.2) is 18.4 Å². The van der Waals surface area contributed by atoms with Crippen LogP contribution in [0.2, 0.25) is 0 Å². The third-order valence-electron chi connectivity index (χ3n) is 2.78. The summed E-state index contributed by atoms with van der Waals surface area (Å²) in [4.78, 5) is 19.8. The maximum Gasteiger partial charge on any atom is 0.374 e. The number of primary sulfonamides is 1. The average molecular weight is 350 g/mol. The molecule has 3 rings (SSSR count). The van der Waals surface area contributed by atoms with E-state index >= 15 is 0 Å². The number of rotatable bonds is 5. The van der Waals surface area contributed by atoms with E-state index in [-0.39, 0.29) is 18.3 Å². The Kier molecular flexibility index (Phi) is 4.10. The molecule has 0 saturated carbocycles. The molecule has 0 aliphatic rings. The van der Waals surface area contributed by atoms with Crippen LogP contribution in [0.1, 0.15) is 16.4 Å². The highest BCUT2D eigenvalue weighted by molar-refractivity contribution is 7.89. The van der Waals surface area contributed by atoms with Crippen LogP contribution in [0.5, 0.6) is 0 Å². The molecular weight excluding hydrogens is 340 g/mol. The van der Waals surface area contributed by atoms with Crippen molar-refractivity contribution in [2.24, 2.45) is 5.14 Å². The summed E-state index contributed by atoms with van der Waals surface area (Å²) in [7, 11) is -4.03. The highest BCUT2D eigenvalue weighted by atomic mass is 32.2. The van der Waals surface area contributed by atoms with Gasteiger partial charge in [-0.2, -0.15) is 4.98 Å². The standard InChI is InChI=1S/C13H10N4O6S/c14-24(19,20)11-4-3-9(22-11)13(18)21-7-10-16-12(17-23-10)8-2-1-5-15-6-8/h1-6H,7H2,(H2,14,19,20). The number of hydrogen-bond donors (Lipinski definition) is 1. The first kappa shape index (κ1) is 15.8. The predicted molar refractivity (Wildman–Crippen MR) is 76.7 cm³/mol. The number of carbonyl (C=O) groups is 1. The number of hydrogen-bond acceptors (Lipinski definition) is 9. The Hall–Kier alpha value is -3.05. The maximum absolute atomic E-state index is 11.8. The van der Waals surface area contributed by atoms with E-state index in [1.165, 1.54) is 0 Å². The minimum Gasteiger partial charge on any atom is -0.450 e. The average Bonchev–Trinajstić information content (AvgIpc) is 3.22. The van der Waals surface area contributed by atoms with Gasteiger partial charge in [0, 0.05) is 18.0 Å². The second-order valence-electron chi connectivity index (χ2n) is 4.49. The number of esters is 1. The zero-order valence-corrected chi connectivity index (χ0v) is 12.8. The molecule has 24 heavy (non-hydrogen) atoms. The van der Waals surface area contributed by atoms with Gasteiger partial charge in [0.15, 0.2) is 6.61 Å². The van der Waals surface area contributed by atoms with Crippen LogP contribution in [0.25, 0.3) is 11.4 Å². The molecule has 0 aromatic carbocycles. The van der Waals surface area contributed by atoms with E-state index < -0.39 is 21.1 Å². The molecule has 10 nitrogen and oxygen atoms in total. The summed E-state index contributed by atoms with van der Waals surface area (Å²) in [6, 6.07) is 5.65. The highest BCUT2D eigenvalue weighted by Gasteiger charge is 2.19. The monoisotopic (exact) mass is 350 g/mol. The Morgan fingerprint density at radius 2 is 2.12 bits per heavy atom. The van der Waals surface area contributed by atoms with Gasteiger partial charge < -0.3 is 13.7 Å².